The minimum absolute atomic E-state index is 0.0183. The summed E-state index contributed by atoms with van der Waals surface area (Å²) in [5.41, 5.74) is 8.36. The molecule has 0 radical (unpaired) electrons. The standard InChI is InChI=1S/C61H78B2O10/c1-54(2)55(3,4)71-62(70-54)52-29-25-48(26-30-52)58(9)33-35-59(36-34-58,67-41-64-10)49-21-17-46(18-22-49)44-13-15-45(16-14-44)47-19-23-50(24-20-47)60(68-42-65-11)37-39-61(40-38-60,69-43-66-12)51-27-31-53(32-28-51)63-72-56(5,6)57(7,8)73-63/h13-32H,33-43H2,1-12H3. The SMILES string of the molecule is COCOC1(c2ccc(-c3ccc(-c4ccc(C5(OCOC)CCC(OCOC)(c6ccc(B7OC(C)(C)C(C)(C)O7)cc6)CC5)cc4)cc3)cc2)CCC(C)(c2ccc(B3OC(C)(C)C(C)(C)O3)cc2)CC1. The average Bonchev–Trinajstić information content (AvgIpc) is 3.77. The van der Waals surface area contributed by atoms with E-state index >= 15 is 0 Å². The first-order valence-corrected chi connectivity index (χ1v) is 26.3. The normalized spacial score (nSPS) is 27.3. The average molecular weight is 993 g/mol. The number of methoxy groups -OCH3 is 3. The van der Waals surface area contributed by atoms with Crippen molar-refractivity contribution in [2.45, 2.75) is 158 Å². The van der Waals surface area contributed by atoms with Crippen LogP contribution in [-0.2, 0) is 69.3 Å². The molecule has 5 aromatic rings. The summed E-state index contributed by atoms with van der Waals surface area (Å²) in [6, 6.07) is 44.1. The van der Waals surface area contributed by atoms with Crippen molar-refractivity contribution in [3.8, 4) is 22.3 Å². The highest BCUT2D eigenvalue weighted by molar-refractivity contribution is 6.62. The second-order valence-electron chi connectivity index (χ2n) is 23.3. The van der Waals surface area contributed by atoms with E-state index in [9.17, 15) is 0 Å². The Kier molecular flexibility index (Phi) is 15.2. The number of benzene rings is 5. The van der Waals surface area contributed by atoms with Gasteiger partial charge in [0.2, 0.25) is 0 Å². The molecule has 0 amide bonds. The lowest BCUT2D eigenvalue weighted by atomic mass is 9.64. The molecular formula is C61H78B2O10. The summed E-state index contributed by atoms with van der Waals surface area (Å²) in [6.45, 7) is 19.7. The molecule has 2 saturated heterocycles. The number of ether oxygens (including phenoxy) is 6. The van der Waals surface area contributed by atoms with Gasteiger partial charge in [-0.25, -0.2) is 0 Å². The van der Waals surface area contributed by atoms with Gasteiger partial charge in [-0.3, -0.25) is 0 Å². The smallest absolute Gasteiger partial charge is 0.399 e. The Balaban J connectivity index is 0.854. The first-order valence-electron chi connectivity index (χ1n) is 26.3. The molecule has 5 aromatic carbocycles. The van der Waals surface area contributed by atoms with Crippen molar-refractivity contribution in [1.82, 2.24) is 0 Å². The summed E-state index contributed by atoms with van der Waals surface area (Å²) in [7, 11) is 4.25. The molecule has 10 nitrogen and oxygen atoms in total. The second-order valence-corrected chi connectivity index (χ2v) is 23.3. The Morgan fingerprint density at radius 3 is 0.836 bits per heavy atom. The quantitative estimate of drug-likeness (QED) is 0.0662. The molecule has 0 N–H and O–H groups in total. The third-order valence-corrected chi connectivity index (χ3v) is 17.9. The zero-order valence-corrected chi connectivity index (χ0v) is 45.6. The van der Waals surface area contributed by atoms with E-state index in [0.29, 0.717) is 0 Å². The van der Waals surface area contributed by atoms with Gasteiger partial charge < -0.3 is 47.0 Å². The molecule has 0 aromatic heterocycles. The fraction of sp³-hybridized carbons (Fsp3) is 0.508. The minimum atomic E-state index is -0.546. The molecule has 2 saturated carbocycles. The lowest BCUT2D eigenvalue weighted by Gasteiger charge is -2.46. The maximum absolute atomic E-state index is 6.64. The molecule has 2 heterocycles. The van der Waals surface area contributed by atoms with Gasteiger partial charge >= 0.3 is 14.2 Å². The van der Waals surface area contributed by atoms with Gasteiger partial charge in [0.1, 0.15) is 20.4 Å². The summed E-state index contributed by atoms with van der Waals surface area (Å²) in [5, 5.41) is 0. The second kappa shape index (κ2) is 20.7. The van der Waals surface area contributed by atoms with Crippen LogP contribution in [0.3, 0.4) is 0 Å². The largest absolute Gasteiger partial charge is 0.494 e. The van der Waals surface area contributed by atoms with Crippen LogP contribution in [0.2, 0.25) is 0 Å². The van der Waals surface area contributed by atoms with Crippen LogP contribution in [0.1, 0.15) is 136 Å². The summed E-state index contributed by atoms with van der Waals surface area (Å²) in [4.78, 5) is 0. The lowest BCUT2D eigenvalue weighted by Crippen LogP contribution is -2.43. The van der Waals surface area contributed by atoms with E-state index in [1.807, 2.05) is 0 Å². The van der Waals surface area contributed by atoms with E-state index in [-0.39, 0.29) is 44.1 Å². The van der Waals surface area contributed by atoms with Crippen molar-refractivity contribution in [3.05, 3.63) is 144 Å². The molecule has 388 valence electrons. The van der Waals surface area contributed by atoms with E-state index in [0.717, 1.165) is 95.7 Å². The van der Waals surface area contributed by atoms with Crippen molar-refractivity contribution in [2.24, 2.45) is 0 Å². The predicted molar refractivity (Wildman–Crippen MR) is 290 cm³/mol. The van der Waals surface area contributed by atoms with Crippen LogP contribution in [0.5, 0.6) is 0 Å². The summed E-state index contributed by atoms with van der Waals surface area (Å²) in [5.74, 6) is 0. The number of rotatable bonds is 17. The van der Waals surface area contributed by atoms with E-state index in [1.54, 1.807) is 21.3 Å². The van der Waals surface area contributed by atoms with E-state index in [4.69, 9.17) is 47.0 Å². The van der Waals surface area contributed by atoms with Crippen molar-refractivity contribution >= 4 is 25.2 Å². The number of hydrogen-bond acceptors (Lipinski definition) is 10. The molecule has 0 unspecified atom stereocenters. The monoisotopic (exact) mass is 993 g/mol. The van der Waals surface area contributed by atoms with Crippen LogP contribution in [0.25, 0.3) is 22.3 Å². The van der Waals surface area contributed by atoms with Crippen LogP contribution in [-0.4, -0.2) is 78.3 Å². The van der Waals surface area contributed by atoms with Gasteiger partial charge in [0.25, 0.3) is 0 Å². The van der Waals surface area contributed by atoms with Crippen molar-refractivity contribution in [1.29, 1.82) is 0 Å². The highest BCUT2D eigenvalue weighted by Crippen LogP contribution is 2.52. The summed E-state index contributed by atoms with van der Waals surface area (Å²) < 4.78 is 61.7. The minimum Gasteiger partial charge on any atom is -0.399 e. The Morgan fingerprint density at radius 1 is 0.329 bits per heavy atom. The fourth-order valence-corrected chi connectivity index (χ4v) is 11.3. The van der Waals surface area contributed by atoms with Crippen molar-refractivity contribution in [2.75, 3.05) is 41.7 Å². The molecule has 0 spiro atoms. The first-order chi connectivity index (χ1) is 34.7. The Bertz CT molecular complexity index is 2580. The van der Waals surface area contributed by atoms with Crippen LogP contribution < -0.4 is 10.9 Å². The molecule has 2 aliphatic heterocycles. The van der Waals surface area contributed by atoms with Gasteiger partial charge in [-0.15, -0.1) is 0 Å². The number of hydrogen-bond donors (Lipinski definition) is 0. The molecule has 0 atom stereocenters. The van der Waals surface area contributed by atoms with Gasteiger partial charge in [0.15, 0.2) is 0 Å². The first kappa shape index (κ1) is 53.6. The van der Waals surface area contributed by atoms with Crippen LogP contribution >= 0.6 is 0 Å². The highest BCUT2D eigenvalue weighted by atomic mass is 16.7. The Morgan fingerprint density at radius 2 is 0.562 bits per heavy atom. The lowest BCUT2D eigenvalue weighted by molar-refractivity contribution is -0.203. The van der Waals surface area contributed by atoms with E-state index in [1.165, 1.54) is 11.1 Å². The highest BCUT2D eigenvalue weighted by Gasteiger charge is 2.54. The van der Waals surface area contributed by atoms with Gasteiger partial charge in [-0.2, -0.15) is 0 Å². The maximum Gasteiger partial charge on any atom is 0.494 e. The van der Waals surface area contributed by atoms with Gasteiger partial charge in [0.05, 0.1) is 39.2 Å². The molecule has 12 heteroatoms. The zero-order chi connectivity index (χ0) is 51.9. The Hall–Kier alpha value is -4.17. The van der Waals surface area contributed by atoms with Crippen LogP contribution in [0, 0.1) is 0 Å². The molecule has 9 rings (SSSR count). The van der Waals surface area contributed by atoms with Crippen LogP contribution in [0.4, 0.5) is 0 Å². The molecule has 4 aliphatic rings. The van der Waals surface area contributed by atoms with E-state index < -0.39 is 35.1 Å². The fourth-order valence-electron chi connectivity index (χ4n) is 11.3. The molecule has 4 fully saturated rings. The van der Waals surface area contributed by atoms with Gasteiger partial charge in [-0.05, 0) is 168 Å². The van der Waals surface area contributed by atoms with Gasteiger partial charge in [-0.1, -0.05) is 128 Å². The molecule has 73 heavy (non-hydrogen) atoms. The summed E-state index contributed by atoms with van der Waals surface area (Å²) in [6.07, 6.45) is 6.72. The zero-order valence-electron chi connectivity index (χ0n) is 45.6. The predicted octanol–water partition coefficient (Wildman–Crippen LogP) is 11.9. The van der Waals surface area contributed by atoms with Crippen LogP contribution in [0.15, 0.2) is 121 Å². The third-order valence-electron chi connectivity index (χ3n) is 17.9. The van der Waals surface area contributed by atoms with Gasteiger partial charge in [0, 0.05) is 21.3 Å². The topological polar surface area (TPSA) is 92.3 Å². The Labute approximate surface area is 436 Å². The molecular weight excluding hydrogens is 914 g/mol. The molecule has 0 bridgehead atoms. The van der Waals surface area contributed by atoms with Crippen molar-refractivity contribution in [3.63, 3.8) is 0 Å². The third kappa shape index (κ3) is 10.6. The summed E-state index contributed by atoms with van der Waals surface area (Å²) >= 11 is 0. The van der Waals surface area contributed by atoms with Crippen molar-refractivity contribution < 1.29 is 47.0 Å². The van der Waals surface area contributed by atoms with E-state index in [2.05, 4.69) is 184 Å². The molecule has 2 aliphatic carbocycles. The maximum atomic E-state index is 6.64.